The van der Waals surface area contributed by atoms with Crippen molar-refractivity contribution in [3.63, 3.8) is 0 Å². The minimum Gasteiger partial charge on any atom is -0.387 e. The lowest BCUT2D eigenvalue weighted by atomic mass is 10.1. The van der Waals surface area contributed by atoms with Crippen LogP contribution in [0.5, 0.6) is 0 Å². The van der Waals surface area contributed by atoms with Gasteiger partial charge in [-0.1, -0.05) is 55.3 Å². The Labute approximate surface area is 110 Å². The van der Waals surface area contributed by atoms with E-state index in [-0.39, 0.29) is 0 Å². The second kappa shape index (κ2) is 8.90. The van der Waals surface area contributed by atoms with Gasteiger partial charge in [-0.3, -0.25) is 0 Å². The Morgan fingerprint density at radius 3 is 2.72 bits per heavy atom. The van der Waals surface area contributed by atoms with E-state index < -0.39 is 6.10 Å². The lowest BCUT2D eigenvalue weighted by Gasteiger charge is -2.09. The molecular formula is C16H24O2. The van der Waals surface area contributed by atoms with Crippen molar-refractivity contribution in [2.24, 2.45) is 0 Å². The summed E-state index contributed by atoms with van der Waals surface area (Å²) in [5.74, 6) is 0. The van der Waals surface area contributed by atoms with Crippen LogP contribution in [0.4, 0.5) is 0 Å². The summed E-state index contributed by atoms with van der Waals surface area (Å²) in [5, 5.41) is 9.80. The molecule has 0 aliphatic heterocycles. The quantitative estimate of drug-likeness (QED) is 0.711. The van der Waals surface area contributed by atoms with Crippen molar-refractivity contribution < 1.29 is 9.84 Å². The fraction of sp³-hybridized carbons (Fsp3) is 0.500. The number of unbranched alkanes of at least 4 members (excludes halogenated alkanes) is 1. The lowest BCUT2D eigenvalue weighted by molar-refractivity contribution is 0.0500. The molecule has 100 valence electrons. The Hall–Kier alpha value is -1.12. The number of aliphatic hydroxyl groups excluding tert-OH is 1. The first kappa shape index (κ1) is 14.9. The van der Waals surface area contributed by atoms with E-state index in [1.807, 2.05) is 36.4 Å². The Balaban J connectivity index is 2.22. The number of ether oxygens (including phenoxy) is 1. The fourth-order valence-electron chi connectivity index (χ4n) is 1.79. The second-order valence-electron chi connectivity index (χ2n) is 4.68. The molecule has 2 heteroatoms. The molecule has 0 heterocycles. The number of hydrogen-bond donors (Lipinski definition) is 1. The van der Waals surface area contributed by atoms with Gasteiger partial charge in [0.1, 0.15) is 0 Å². The van der Waals surface area contributed by atoms with Gasteiger partial charge in [0.2, 0.25) is 0 Å². The van der Waals surface area contributed by atoms with Crippen molar-refractivity contribution >= 4 is 0 Å². The van der Waals surface area contributed by atoms with E-state index >= 15 is 0 Å². The van der Waals surface area contributed by atoms with Crippen LogP contribution in [-0.2, 0) is 11.3 Å². The first-order chi connectivity index (χ1) is 8.72. The van der Waals surface area contributed by atoms with Crippen molar-refractivity contribution in [3.05, 3.63) is 47.5 Å². The van der Waals surface area contributed by atoms with Gasteiger partial charge in [-0.15, -0.1) is 0 Å². The molecule has 1 N–H and O–H groups in total. The maximum atomic E-state index is 9.80. The largest absolute Gasteiger partial charge is 0.387 e. The van der Waals surface area contributed by atoms with Gasteiger partial charge in [0, 0.05) is 0 Å². The Kier molecular flexibility index (Phi) is 7.38. The first-order valence-electron chi connectivity index (χ1n) is 6.69. The molecule has 0 aliphatic carbocycles. The van der Waals surface area contributed by atoms with Gasteiger partial charge in [0.25, 0.3) is 0 Å². The highest BCUT2D eigenvalue weighted by Gasteiger charge is 2.01. The SMILES string of the molecule is CCCC/C(C)=C/C(O)COCc1ccccc1. The molecule has 0 saturated carbocycles. The Bertz CT molecular complexity index is 343. The van der Waals surface area contributed by atoms with Crippen LogP contribution in [0.1, 0.15) is 38.7 Å². The molecule has 1 atom stereocenters. The summed E-state index contributed by atoms with van der Waals surface area (Å²) in [6.45, 7) is 5.15. The molecule has 0 aliphatic rings. The molecule has 18 heavy (non-hydrogen) atoms. The maximum absolute atomic E-state index is 9.80. The lowest BCUT2D eigenvalue weighted by Crippen LogP contribution is -2.12. The van der Waals surface area contributed by atoms with Gasteiger partial charge in [-0.2, -0.15) is 0 Å². The average molecular weight is 248 g/mol. The van der Waals surface area contributed by atoms with Crippen molar-refractivity contribution in [1.82, 2.24) is 0 Å². The van der Waals surface area contributed by atoms with E-state index in [0.29, 0.717) is 13.2 Å². The molecule has 0 saturated heterocycles. The van der Waals surface area contributed by atoms with E-state index in [2.05, 4.69) is 13.8 Å². The van der Waals surface area contributed by atoms with Gasteiger partial charge in [0.05, 0.1) is 19.3 Å². The third kappa shape index (κ3) is 6.58. The van der Waals surface area contributed by atoms with Crippen LogP contribution in [0.25, 0.3) is 0 Å². The molecule has 0 fully saturated rings. The van der Waals surface area contributed by atoms with Gasteiger partial charge in [-0.25, -0.2) is 0 Å². The molecule has 0 radical (unpaired) electrons. The van der Waals surface area contributed by atoms with E-state index in [1.165, 1.54) is 18.4 Å². The fourth-order valence-corrected chi connectivity index (χ4v) is 1.79. The summed E-state index contributed by atoms with van der Waals surface area (Å²) in [4.78, 5) is 0. The Morgan fingerprint density at radius 1 is 1.33 bits per heavy atom. The minimum atomic E-state index is -0.495. The van der Waals surface area contributed by atoms with Crippen LogP contribution in [0.15, 0.2) is 42.0 Å². The second-order valence-corrected chi connectivity index (χ2v) is 4.68. The highest BCUT2D eigenvalue weighted by molar-refractivity contribution is 5.13. The van der Waals surface area contributed by atoms with E-state index in [9.17, 15) is 5.11 Å². The molecule has 0 amide bonds. The number of allylic oxidation sites excluding steroid dienone is 1. The molecule has 1 rings (SSSR count). The highest BCUT2D eigenvalue weighted by atomic mass is 16.5. The summed E-state index contributed by atoms with van der Waals surface area (Å²) in [7, 11) is 0. The molecule has 0 bridgehead atoms. The standard InChI is InChI=1S/C16H24O2/c1-3-4-8-14(2)11-16(17)13-18-12-15-9-6-5-7-10-15/h5-7,9-11,16-17H,3-4,8,12-13H2,1-2H3/b14-11+. The smallest absolute Gasteiger partial charge is 0.0957 e. The molecular weight excluding hydrogens is 224 g/mol. The van der Waals surface area contributed by atoms with Crippen LogP contribution in [0.2, 0.25) is 0 Å². The summed E-state index contributed by atoms with van der Waals surface area (Å²) in [5.41, 5.74) is 2.38. The molecule has 2 nitrogen and oxygen atoms in total. The zero-order chi connectivity index (χ0) is 13.2. The van der Waals surface area contributed by atoms with Gasteiger partial charge in [0.15, 0.2) is 0 Å². The van der Waals surface area contributed by atoms with Crippen LogP contribution in [-0.4, -0.2) is 17.8 Å². The first-order valence-corrected chi connectivity index (χ1v) is 6.69. The van der Waals surface area contributed by atoms with Gasteiger partial charge < -0.3 is 9.84 Å². The van der Waals surface area contributed by atoms with Gasteiger partial charge >= 0.3 is 0 Å². The summed E-state index contributed by atoms with van der Waals surface area (Å²) in [6, 6.07) is 10.0. The molecule has 1 aromatic carbocycles. The van der Waals surface area contributed by atoms with Crippen LogP contribution < -0.4 is 0 Å². The van der Waals surface area contributed by atoms with E-state index in [0.717, 1.165) is 12.0 Å². The molecule has 1 unspecified atom stereocenters. The summed E-state index contributed by atoms with van der Waals surface area (Å²) < 4.78 is 5.49. The zero-order valence-electron chi connectivity index (χ0n) is 11.4. The predicted molar refractivity (Wildman–Crippen MR) is 75.4 cm³/mol. The normalized spacial score (nSPS) is 13.6. The van der Waals surface area contributed by atoms with Crippen molar-refractivity contribution in [2.45, 2.75) is 45.8 Å². The third-order valence-electron chi connectivity index (χ3n) is 2.80. The predicted octanol–water partition coefficient (Wildman–Crippen LogP) is 3.70. The summed E-state index contributed by atoms with van der Waals surface area (Å²) in [6.07, 6.45) is 4.84. The topological polar surface area (TPSA) is 29.5 Å². The molecule has 0 aromatic heterocycles. The summed E-state index contributed by atoms with van der Waals surface area (Å²) >= 11 is 0. The molecule has 1 aromatic rings. The van der Waals surface area contributed by atoms with E-state index in [4.69, 9.17) is 4.74 Å². The monoisotopic (exact) mass is 248 g/mol. The Morgan fingerprint density at radius 2 is 2.06 bits per heavy atom. The third-order valence-corrected chi connectivity index (χ3v) is 2.80. The molecule has 0 spiro atoms. The van der Waals surface area contributed by atoms with Gasteiger partial charge in [-0.05, 0) is 25.3 Å². The number of rotatable bonds is 8. The zero-order valence-corrected chi connectivity index (χ0v) is 11.4. The van der Waals surface area contributed by atoms with Crippen LogP contribution in [0, 0.1) is 0 Å². The van der Waals surface area contributed by atoms with Crippen LogP contribution >= 0.6 is 0 Å². The van der Waals surface area contributed by atoms with Crippen molar-refractivity contribution in [2.75, 3.05) is 6.61 Å². The maximum Gasteiger partial charge on any atom is 0.0957 e. The number of benzene rings is 1. The number of hydrogen-bond acceptors (Lipinski definition) is 2. The highest BCUT2D eigenvalue weighted by Crippen LogP contribution is 2.08. The van der Waals surface area contributed by atoms with E-state index in [1.54, 1.807) is 0 Å². The minimum absolute atomic E-state index is 0.359. The van der Waals surface area contributed by atoms with Crippen molar-refractivity contribution in [1.29, 1.82) is 0 Å². The van der Waals surface area contributed by atoms with Crippen LogP contribution in [0.3, 0.4) is 0 Å². The van der Waals surface area contributed by atoms with Crippen molar-refractivity contribution in [3.8, 4) is 0 Å². The average Bonchev–Trinajstić information content (AvgIpc) is 2.37. The number of aliphatic hydroxyl groups is 1.